The smallest absolute Gasteiger partial charge is 0.315 e. The molecule has 0 saturated heterocycles. The lowest BCUT2D eigenvalue weighted by Crippen LogP contribution is -2.38. The number of aryl methyl sites for hydroxylation is 1. The van der Waals surface area contributed by atoms with Gasteiger partial charge in [-0.2, -0.15) is 0 Å². The van der Waals surface area contributed by atoms with Crippen LogP contribution in [0.3, 0.4) is 0 Å². The molecule has 2 aliphatic rings. The van der Waals surface area contributed by atoms with Gasteiger partial charge in [-0.1, -0.05) is 53.6 Å². The number of hydrogen-bond donors (Lipinski definition) is 0. The van der Waals surface area contributed by atoms with Gasteiger partial charge in [0, 0.05) is 34.3 Å². The van der Waals surface area contributed by atoms with E-state index < -0.39 is 5.92 Å². The number of ketones is 1. The molecule has 0 bridgehead atoms. The molecular weight excluding hydrogens is 410 g/mol. The van der Waals surface area contributed by atoms with E-state index in [0.29, 0.717) is 35.8 Å². The molecule has 0 saturated carbocycles. The second-order valence-corrected chi connectivity index (χ2v) is 8.75. The Hall–Kier alpha value is -2.72. The van der Waals surface area contributed by atoms with E-state index in [2.05, 4.69) is 0 Å². The van der Waals surface area contributed by atoms with Crippen LogP contribution >= 0.6 is 11.6 Å². The summed E-state index contributed by atoms with van der Waals surface area (Å²) in [7, 11) is 0. The summed E-state index contributed by atoms with van der Waals surface area (Å²) < 4.78 is 5.38. The molecular formula is C26H26ClNO3. The number of allylic oxidation sites excluding steroid dienone is 2. The van der Waals surface area contributed by atoms with Crippen molar-refractivity contribution in [1.82, 2.24) is 0 Å². The number of nitrogens with zero attached hydrogens (tertiary/aromatic N) is 1. The molecule has 4 nitrogen and oxygen atoms in total. The Kier molecular flexibility index (Phi) is 6.10. The van der Waals surface area contributed by atoms with Crippen LogP contribution in [0.25, 0.3) is 0 Å². The SMILES string of the molecule is CCOC(=O)C1C(C)=NC2=C(C(=O)C[C@H](c3ccc(Cl)cc3)C2)[C@@H]1c1ccc(C)cc1. The fourth-order valence-corrected chi connectivity index (χ4v) is 4.83. The van der Waals surface area contributed by atoms with Gasteiger partial charge in [0.15, 0.2) is 5.78 Å². The first-order chi connectivity index (χ1) is 14.9. The molecule has 0 radical (unpaired) electrons. The zero-order chi connectivity index (χ0) is 22.1. The quantitative estimate of drug-likeness (QED) is 0.571. The summed E-state index contributed by atoms with van der Waals surface area (Å²) >= 11 is 6.04. The van der Waals surface area contributed by atoms with Crippen LogP contribution in [0.4, 0.5) is 0 Å². The first kappa shape index (κ1) is 21.5. The number of halogens is 1. The Morgan fingerprint density at radius 1 is 1.03 bits per heavy atom. The van der Waals surface area contributed by atoms with Crippen LogP contribution < -0.4 is 0 Å². The summed E-state index contributed by atoms with van der Waals surface area (Å²) in [4.78, 5) is 31.1. The molecule has 5 heteroatoms. The van der Waals surface area contributed by atoms with Gasteiger partial charge in [0.05, 0.1) is 6.61 Å². The van der Waals surface area contributed by atoms with Gasteiger partial charge in [-0.15, -0.1) is 0 Å². The normalized spacial score (nSPS) is 23.3. The molecule has 3 atom stereocenters. The predicted molar refractivity (Wildman–Crippen MR) is 123 cm³/mol. The summed E-state index contributed by atoms with van der Waals surface area (Å²) in [5.41, 5.74) is 5.31. The third-order valence-electron chi connectivity index (χ3n) is 6.21. The molecule has 31 heavy (non-hydrogen) atoms. The number of ether oxygens (including phenoxy) is 1. The van der Waals surface area contributed by atoms with Crippen LogP contribution in [0.15, 0.2) is 64.8 Å². The van der Waals surface area contributed by atoms with Gasteiger partial charge < -0.3 is 4.74 Å². The third-order valence-corrected chi connectivity index (χ3v) is 6.46. The van der Waals surface area contributed by atoms with Gasteiger partial charge in [-0.25, -0.2) is 0 Å². The average molecular weight is 436 g/mol. The van der Waals surface area contributed by atoms with Gasteiger partial charge in [0.25, 0.3) is 0 Å². The van der Waals surface area contributed by atoms with Crippen molar-refractivity contribution in [3.05, 3.63) is 81.5 Å². The maximum absolute atomic E-state index is 13.5. The zero-order valence-corrected chi connectivity index (χ0v) is 18.8. The van der Waals surface area contributed by atoms with Gasteiger partial charge in [0.2, 0.25) is 0 Å². The average Bonchev–Trinajstić information content (AvgIpc) is 2.74. The molecule has 1 aliphatic heterocycles. The summed E-state index contributed by atoms with van der Waals surface area (Å²) in [6.07, 6.45) is 1.06. The molecule has 160 valence electrons. The number of carbonyl (C=O) groups excluding carboxylic acids is 2. The highest BCUT2D eigenvalue weighted by atomic mass is 35.5. The van der Waals surface area contributed by atoms with E-state index in [1.807, 2.05) is 62.4 Å². The largest absolute Gasteiger partial charge is 0.465 e. The van der Waals surface area contributed by atoms with Crippen LogP contribution in [0.2, 0.25) is 5.02 Å². The van der Waals surface area contributed by atoms with Gasteiger partial charge in [-0.3, -0.25) is 14.6 Å². The van der Waals surface area contributed by atoms with Crippen molar-refractivity contribution in [2.45, 2.75) is 45.4 Å². The van der Waals surface area contributed by atoms with Crippen molar-refractivity contribution < 1.29 is 14.3 Å². The lowest BCUT2D eigenvalue weighted by Gasteiger charge is -2.36. The van der Waals surface area contributed by atoms with Crippen molar-refractivity contribution in [3.8, 4) is 0 Å². The molecule has 0 amide bonds. The number of esters is 1. The molecule has 0 N–H and O–H groups in total. The number of carbonyl (C=O) groups is 2. The zero-order valence-electron chi connectivity index (χ0n) is 18.0. The molecule has 2 aromatic carbocycles. The van der Waals surface area contributed by atoms with Crippen LogP contribution in [-0.4, -0.2) is 24.1 Å². The Balaban J connectivity index is 1.78. The summed E-state index contributed by atoms with van der Waals surface area (Å²) in [6.45, 7) is 5.97. The first-order valence-corrected chi connectivity index (χ1v) is 11.1. The van der Waals surface area contributed by atoms with Crippen LogP contribution in [0.5, 0.6) is 0 Å². The van der Waals surface area contributed by atoms with E-state index in [1.165, 1.54) is 0 Å². The first-order valence-electron chi connectivity index (χ1n) is 10.7. The highest BCUT2D eigenvalue weighted by Gasteiger charge is 2.44. The molecule has 1 unspecified atom stereocenters. The van der Waals surface area contributed by atoms with Crippen LogP contribution in [0, 0.1) is 12.8 Å². The van der Waals surface area contributed by atoms with Crippen molar-refractivity contribution in [3.63, 3.8) is 0 Å². The molecule has 0 spiro atoms. The van der Waals surface area contributed by atoms with E-state index >= 15 is 0 Å². The third kappa shape index (κ3) is 4.22. The Morgan fingerprint density at radius 2 is 1.68 bits per heavy atom. The topological polar surface area (TPSA) is 55.7 Å². The van der Waals surface area contributed by atoms with E-state index in [9.17, 15) is 9.59 Å². The fraction of sp³-hybridized carbons (Fsp3) is 0.346. The molecule has 4 rings (SSSR count). The molecule has 0 aromatic heterocycles. The minimum absolute atomic E-state index is 0.0531. The highest BCUT2D eigenvalue weighted by Crippen LogP contribution is 2.46. The lowest BCUT2D eigenvalue weighted by atomic mass is 9.69. The van der Waals surface area contributed by atoms with E-state index in [-0.39, 0.29) is 23.6 Å². The molecule has 0 fully saturated rings. The minimum atomic E-state index is -0.586. The van der Waals surface area contributed by atoms with Crippen molar-refractivity contribution in [1.29, 1.82) is 0 Å². The van der Waals surface area contributed by atoms with Crippen LogP contribution in [0.1, 0.15) is 55.2 Å². The molecule has 1 heterocycles. The van der Waals surface area contributed by atoms with Crippen molar-refractivity contribution in [2.24, 2.45) is 10.9 Å². The monoisotopic (exact) mass is 435 g/mol. The number of Topliss-reactive ketones (excluding diaryl/α,β-unsaturated/α-hetero) is 1. The van der Waals surface area contributed by atoms with Crippen LogP contribution in [-0.2, 0) is 14.3 Å². The van der Waals surface area contributed by atoms with Gasteiger partial charge >= 0.3 is 5.97 Å². The lowest BCUT2D eigenvalue weighted by molar-refractivity contribution is -0.146. The fourth-order valence-electron chi connectivity index (χ4n) is 4.70. The summed E-state index contributed by atoms with van der Waals surface area (Å²) in [5, 5.41) is 0.675. The van der Waals surface area contributed by atoms with Crippen molar-refractivity contribution >= 4 is 29.1 Å². The Morgan fingerprint density at radius 3 is 2.32 bits per heavy atom. The van der Waals surface area contributed by atoms with E-state index in [4.69, 9.17) is 21.3 Å². The number of aliphatic imine (C=N–C) groups is 1. The second kappa shape index (κ2) is 8.80. The highest BCUT2D eigenvalue weighted by molar-refractivity contribution is 6.30. The maximum atomic E-state index is 13.5. The molecule has 2 aromatic rings. The number of hydrogen-bond acceptors (Lipinski definition) is 4. The molecule has 1 aliphatic carbocycles. The predicted octanol–water partition coefficient (Wildman–Crippen LogP) is 5.79. The Labute approximate surface area is 188 Å². The Bertz CT molecular complexity index is 1070. The second-order valence-electron chi connectivity index (χ2n) is 8.31. The van der Waals surface area contributed by atoms with Gasteiger partial charge in [-0.05, 0) is 56.4 Å². The van der Waals surface area contributed by atoms with Crippen molar-refractivity contribution in [2.75, 3.05) is 6.61 Å². The maximum Gasteiger partial charge on any atom is 0.315 e. The van der Waals surface area contributed by atoms with E-state index in [0.717, 1.165) is 22.4 Å². The number of rotatable bonds is 4. The van der Waals surface area contributed by atoms with E-state index in [1.54, 1.807) is 6.92 Å². The van der Waals surface area contributed by atoms with Gasteiger partial charge in [0.1, 0.15) is 5.92 Å². The number of benzene rings is 2. The minimum Gasteiger partial charge on any atom is -0.465 e. The summed E-state index contributed by atoms with van der Waals surface area (Å²) in [5.74, 6) is -1.17. The summed E-state index contributed by atoms with van der Waals surface area (Å²) in [6, 6.07) is 15.7. The standard InChI is InChI=1S/C26H26ClNO3/c1-4-31-26(30)23-16(3)28-21-13-19(17-9-11-20(27)12-10-17)14-22(29)25(21)24(23)18-7-5-15(2)6-8-18/h5-12,19,23-24H,4,13-14H2,1-3H3/t19-,23?,24-/m1/s1.